The van der Waals surface area contributed by atoms with Gasteiger partial charge in [-0.3, -0.25) is 14.3 Å². The van der Waals surface area contributed by atoms with Gasteiger partial charge in [0.15, 0.2) is 11.5 Å². The highest BCUT2D eigenvalue weighted by Gasteiger charge is 2.23. The van der Waals surface area contributed by atoms with E-state index in [9.17, 15) is 18.0 Å². The van der Waals surface area contributed by atoms with Crippen molar-refractivity contribution in [3.63, 3.8) is 0 Å². The number of carbonyl (C=O) groups is 2. The third-order valence-electron chi connectivity index (χ3n) is 5.01. The Balaban J connectivity index is 1.49. The summed E-state index contributed by atoms with van der Waals surface area (Å²) >= 11 is 0. The van der Waals surface area contributed by atoms with E-state index in [2.05, 4.69) is 10.0 Å². The van der Waals surface area contributed by atoms with Crippen LogP contribution in [0.25, 0.3) is 0 Å². The van der Waals surface area contributed by atoms with Crippen LogP contribution in [-0.2, 0) is 14.8 Å². The topological polar surface area (TPSA) is 114 Å². The minimum absolute atomic E-state index is 0.0328. The predicted molar refractivity (Wildman–Crippen MR) is 127 cm³/mol. The molecule has 2 N–H and O–H groups in total. The first-order chi connectivity index (χ1) is 16.3. The van der Waals surface area contributed by atoms with Gasteiger partial charge in [-0.05, 0) is 36.4 Å². The third-order valence-corrected chi connectivity index (χ3v) is 6.37. The maximum atomic E-state index is 13.0. The highest BCUT2D eigenvalue weighted by molar-refractivity contribution is 7.92. The van der Waals surface area contributed by atoms with Crippen LogP contribution >= 0.6 is 0 Å². The van der Waals surface area contributed by atoms with Crippen molar-refractivity contribution in [2.24, 2.45) is 0 Å². The van der Waals surface area contributed by atoms with E-state index in [1.165, 1.54) is 42.3 Å². The number of para-hydroxylation sites is 2. The molecule has 0 atom stereocenters. The van der Waals surface area contributed by atoms with Gasteiger partial charge in [-0.1, -0.05) is 30.3 Å². The number of likely N-dealkylation sites (N-methyl/N-ethyl adjacent to an activating group) is 1. The molecule has 0 aliphatic carbocycles. The molecule has 9 nitrogen and oxygen atoms in total. The second-order valence-electron chi connectivity index (χ2n) is 7.53. The molecule has 2 amide bonds. The molecule has 34 heavy (non-hydrogen) atoms. The second-order valence-corrected chi connectivity index (χ2v) is 9.21. The molecule has 0 saturated carbocycles. The largest absolute Gasteiger partial charge is 0.486 e. The van der Waals surface area contributed by atoms with Gasteiger partial charge < -0.3 is 19.7 Å². The normalized spacial score (nSPS) is 12.5. The minimum atomic E-state index is -4.03. The lowest BCUT2D eigenvalue weighted by Gasteiger charge is -2.20. The maximum Gasteiger partial charge on any atom is 0.262 e. The fourth-order valence-electron chi connectivity index (χ4n) is 3.37. The maximum absolute atomic E-state index is 13.0. The molecule has 3 aromatic rings. The van der Waals surface area contributed by atoms with Crippen molar-refractivity contribution in [2.75, 3.05) is 36.8 Å². The third kappa shape index (κ3) is 5.29. The van der Waals surface area contributed by atoms with Crippen molar-refractivity contribution in [1.82, 2.24) is 4.90 Å². The van der Waals surface area contributed by atoms with Gasteiger partial charge in [0.1, 0.15) is 13.2 Å². The average Bonchev–Trinajstić information content (AvgIpc) is 2.84. The van der Waals surface area contributed by atoms with Crippen molar-refractivity contribution in [3.05, 3.63) is 78.4 Å². The summed E-state index contributed by atoms with van der Waals surface area (Å²) in [5.41, 5.74) is 0.817. The van der Waals surface area contributed by atoms with E-state index < -0.39 is 15.9 Å². The molecule has 0 unspecified atom stereocenters. The number of hydrogen-bond acceptors (Lipinski definition) is 6. The van der Waals surface area contributed by atoms with Gasteiger partial charge in [-0.2, -0.15) is 0 Å². The quantitative estimate of drug-likeness (QED) is 0.536. The van der Waals surface area contributed by atoms with Crippen molar-refractivity contribution in [1.29, 1.82) is 0 Å². The molecule has 0 aromatic heterocycles. The number of hydrogen-bond donors (Lipinski definition) is 2. The van der Waals surface area contributed by atoms with Crippen LogP contribution in [0.15, 0.2) is 77.7 Å². The van der Waals surface area contributed by atoms with E-state index in [1.807, 2.05) is 6.07 Å². The van der Waals surface area contributed by atoms with Crippen molar-refractivity contribution in [3.8, 4) is 11.5 Å². The molecule has 1 heterocycles. The Bertz CT molecular complexity index is 1310. The van der Waals surface area contributed by atoms with Gasteiger partial charge in [0.05, 0.1) is 22.7 Å². The number of sulfonamides is 1. The van der Waals surface area contributed by atoms with Gasteiger partial charge in [0.2, 0.25) is 5.91 Å². The molecule has 0 spiro atoms. The summed E-state index contributed by atoms with van der Waals surface area (Å²) in [5.74, 6) is -0.0843. The number of rotatable bonds is 7. The zero-order valence-corrected chi connectivity index (χ0v) is 19.2. The van der Waals surface area contributed by atoms with Crippen molar-refractivity contribution >= 4 is 33.2 Å². The van der Waals surface area contributed by atoms with Crippen LogP contribution < -0.4 is 19.5 Å². The molecule has 0 radical (unpaired) electrons. The lowest BCUT2D eigenvalue weighted by molar-refractivity contribution is -0.116. The van der Waals surface area contributed by atoms with Crippen molar-refractivity contribution < 1.29 is 27.5 Å². The van der Waals surface area contributed by atoms with Crippen LogP contribution in [0.3, 0.4) is 0 Å². The number of ether oxygens (including phenoxy) is 2. The Morgan fingerprint density at radius 3 is 2.35 bits per heavy atom. The van der Waals surface area contributed by atoms with Crippen molar-refractivity contribution in [2.45, 2.75) is 4.90 Å². The summed E-state index contributed by atoms with van der Waals surface area (Å²) in [6.45, 7) is 0.506. The molecular formula is C24H23N3O6S. The van der Waals surface area contributed by atoms with Crippen LogP contribution in [0.4, 0.5) is 11.4 Å². The van der Waals surface area contributed by atoms with Gasteiger partial charge in [-0.15, -0.1) is 0 Å². The smallest absolute Gasteiger partial charge is 0.262 e. The summed E-state index contributed by atoms with van der Waals surface area (Å²) in [5, 5.41) is 2.71. The molecule has 3 aromatic carbocycles. The summed E-state index contributed by atoms with van der Waals surface area (Å²) in [4.78, 5) is 26.6. The molecule has 0 fully saturated rings. The predicted octanol–water partition coefficient (Wildman–Crippen LogP) is 2.97. The minimum Gasteiger partial charge on any atom is -0.486 e. The zero-order valence-electron chi connectivity index (χ0n) is 18.4. The SMILES string of the molecule is CN(CC(=O)Nc1ccccc1)C(=O)c1ccccc1NS(=O)(=O)c1ccc2c(c1)OCCO2. The highest BCUT2D eigenvalue weighted by atomic mass is 32.2. The molecule has 0 bridgehead atoms. The molecule has 0 saturated heterocycles. The van der Waals surface area contributed by atoms with Gasteiger partial charge in [0.25, 0.3) is 15.9 Å². The summed E-state index contributed by atoms with van der Waals surface area (Å²) in [7, 11) is -2.56. The fourth-order valence-corrected chi connectivity index (χ4v) is 4.46. The highest BCUT2D eigenvalue weighted by Crippen LogP contribution is 2.33. The number of nitrogens with one attached hydrogen (secondary N) is 2. The van der Waals surface area contributed by atoms with E-state index >= 15 is 0 Å². The van der Waals surface area contributed by atoms with Gasteiger partial charge in [-0.25, -0.2) is 8.42 Å². The number of anilines is 2. The Kier molecular flexibility index (Phi) is 6.69. The summed E-state index contributed by atoms with van der Waals surface area (Å²) in [6.07, 6.45) is 0. The number of carbonyl (C=O) groups excluding carboxylic acids is 2. The van der Waals surface area contributed by atoms with E-state index in [1.54, 1.807) is 36.4 Å². The standard InChI is InChI=1S/C24H23N3O6S/c1-27(16-23(28)25-17-7-3-2-4-8-17)24(29)19-9-5-6-10-20(19)26-34(30,31)18-11-12-21-22(15-18)33-14-13-32-21/h2-12,15,26H,13-14,16H2,1H3,(H,25,28). The number of benzene rings is 3. The fraction of sp³-hybridized carbons (Fsp3) is 0.167. The number of amides is 2. The molecule has 4 rings (SSSR count). The Morgan fingerprint density at radius 1 is 0.912 bits per heavy atom. The molecule has 1 aliphatic heterocycles. The van der Waals surface area contributed by atoms with Crippen LogP contribution in [-0.4, -0.2) is 51.9 Å². The molecular weight excluding hydrogens is 458 g/mol. The zero-order chi connectivity index (χ0) is 24.1. The monoisotopic (exact) mass is 481 g/mol. The lowest BCUT2D eigenvalue weighted by Crippen LogP contribution is -2.35. The first kappa shape index (κ1) is 23.1. The first-order valence-electron chi connectivity index (χ1n) is 10.5. The number of nitrogens with zero attached hydrogens (tertiary/aromatic N) is 1. The van der Waals surface area contributed by atoms with Crippen LogP contribution in [0.5, 0.6) is 11.5 Å². The summed E-state index contributed by atoms with van der Waals surface area (Å²) < 4.78 is 39.4. The molecule has 176 valence electrons. The molecule has 1 aliphatic rings. The van der Waals surface area contributed by atoms with E-state index in [0.29, 0.717) is 30.4 Å². The second kappa shape index (κ2) is 9.84. The Hall–Kier alpha value is -4.05. The van der Waals surface area contributed by atoms with Gasteiger partial charge >= 0.3 is 0 Å². The van der Waals surface area contributed by atoms with E-state index in [-0.39, 0.29) is 28.6 Å². The molecule has 10 heteroatoms. The lowest BCUT2D eigenvalue weighted by atomic mass is 10.1. The number of fused-ring (bicyclic) bond motifs is 1. The average molecular weight is 482 g/mol. The first-order valence-corrected chi connectivity index (χ1v) is 11.9. The van der Waals surface area contributed by atoms with E-state index in [0.717, 1.165) is 0 Å². The van der Waals surface area contributed by atoms with Crippen LogP contribution in [0, 0.1) is 0 Å². The van der Waals surface area contributed by atoms with Gasteiger partial charge in [0, 0.05) is 18.8 Å². The van der Waals surface area contributed by atoms with Crippen LogP contribution in [0.2, 0.25) is 0 Å². The van der Waals surface area contributed by atoms with E-state index in [4.69, 9.17) is 9.47 Å². The Labute approximate surface area is 197 Å². The Morgan fingerprint density at radius 2 is 1.59 bits per heavy atom. The summed E-state index contributed by atoms with van der Waals surface area (Å²) in [6, 6.07) is 19.4. The van der Waals surface area contributed by atoms with Crippen LogP contribution in [0.1, 0.15) is 10.4 Å².